The fourth-order valence-corrected chi connectivity index (χ4v) is 3.10. The van der Waals surface area contributed by atoms with Gasteiger partial charge < -0.3 is 15.8 Å². The van der Waals surface area contributed by atoms with Gasteiger partial charge in [0.15, 0.2) is 6.10 Å². The van der Waals surface area contributed by atoms with Crippen LogP contribution in [-0.2, 0) is 22.4 Å². The zero-order valence-corrected chi connectivity index (χ0v) is 14.2. The number of carbonyl (C=O) groups is 2. The summed E-state index contributed by atoms with van der Waals surface area (Å²) in [6, 6.07) is 14.0. The highest BCUT2D eigenvalue weighted by atomic mass is 16.5. The summed E-state index contributed by atoms with van der Waals surface area (Å²) in [4.78, 5) is 24.1. The van der Waals surface area contributed by atoms with Crippen LogP contribution in [0.5, 0.6) is 5.75 Å². The van der Waals surface area contributed by atoms with E-state index in [-0.39, 0.29) is 5.91 Å². The largest absolute Gasteiger partial charge is 0.481 e. The van der Waals surface area contributed by atoms with Crippen molar-refractivity contribution in [1.29, 1.82) is 0 Å². The molecular weight excluding hydrogens is 316 g/mol. The minimum Gasteiger partial charge on any atom is -0.481 e. The Morgan fingerprint density at radius 3 is 2.52 bits per heavy atom. The minimum absolute atomic E-state index is 0.381. The Balaban J connectivity index is 1.66. The molecule has 0 aliphatic heterocycles. The van der Waals surface area contributed by atoms with Gasteiger partial charge in [0.05, 0.1) is 0 Å². The zero-order chi connectivity index (χ0) is 17.8. The predicted octanol–water partition coefficient (Wildman–Crippen LogP) is 2.29. The molecule has 0 fully saturated rings. The van der Waals surface area contributed by atoms with Gasteiger partial charge in [-0.05, 0) is 55.0 Å². The topological polar surface area (TPSA) is 81.4 Å². The van der Waals surface area contributed by atoms with Crippen molar-refractivity contribution in [3.8, 4) is 5.75 Å². The second-order valence-electron chi connectivity index (χ2n) is 6.30. The van der Waals surface area contributed by atoms with Crippen LogP contribution in [0.1, 0.15) is 36.1 Å². The molecule has 0 saturated carbocycles. The van der Waals surface area contributed by atoms with Gasteiger partial charge in [-0.2, -0.15) is 0 Å². The number of primary amides is 1. The molecule has 3 rings (SSSR count). The van der Waals surface area contributed by atoms with Crippen molar-refractivity contribution in [3.63, 3.8) is 0 Å². The number of amides is 2. The maximum atomic E-state index is 12.4. The van der Waals surface area contributed by atoms with E-state index in [1.54, 1.807) is 31.2 Å². The van der Waals surface area contributed by atoms with Gasteiger partial charge in [0.25, 0.3) is 5.91 Å². The third-order valence-electron chi connectivity index (χ3n) is 4.46. The molecule has 0 bridgehead atoms. The first-order chi connectivity index (χ1) is 12.0. The number of hydrogen-bond donors (Lipinski definition) is 2. The van der Waals surface area contributed by atoms with Crippen LogP contribution >= 0.6 is 0 Å². The summed E-state index contributed by atoms with van der Waals surface area (Å²) in [6.45, 7) is 1.66. The maximum Gasteiger partial charge on any atom is 0.261 e. The molecule has 2 amide bonds. The third kappa shape index (κ3) is 3.99. The number of ether oxygens (including phenoxy) is 1. The van der Waals surface area contributed by atoms with Crippen LogP contribution in [0.25, 0.3) is 0 Å². The molecular formula is C20H22N2O3. The van der Waals surface area contributed by atoms with E-state index in [9.17, 15) is 9.59 Å². The van der Waals surface area contributed by atoms with Crippen LogP contribution < -0.4 is 15.8 Å². The molecule has 1 aliphatic carbocycles. The summed E-state index contributed by atoms with van der Waals surface area (Å²) >= 11 is 0. The van der Waals surface area contributed by atoms with Gasteiger partial charge in [-0.15, -0.1) is 0 Å². The molecule has 5 nitrogen and oxygen atoms in total. The first-order valence-electron chi connectivity index (χ1n) is 8.47. The third-order valence-corrected chi connectivity index (χ3v) is 4.46. The lowest BCUT2D eigenvalue weighted by molar-refractivity contribution is -0.131. The lowest BCUT2D eigenvalue weighted by Crippen LogP contribution is -2.43. The Hall–Kier alpha value is -2.82. The molecule has 25 heavy (non-hydrogen) atoms. The van der Waals surface area contributed by atoms with Crippen molar-refractivity contribution in [1.82, 2.24) is 5.32 Å². The highest BCUT2D eigenvalue weighted by Gasteiger charge is 2.24. The van der Waals surface area contributed by atoms with Crippen molar-refractivity contribution < 1.29 is 14.3 Å². The van der Waals surface area contributed by atoms with Crippen molar-refractivity contribution in [2.24, 2.45) is 5.73 Å². The normalized spacial score (nSPS) is 15.1. The Morgan fingerprint density at radius 2 is 1.80 bits per heavy atom. The highest BCUT2D eigenvalue weighted by molar-refractivity contribution is 5.89. The lowest BCUT2D eigenvalue weighted by Gasteiger charge is -2.20. The molecule has 5 heteroatoms. The Kier molecular flexibility index (Phi) is 5.03. The minimum atomic E-state index is -0.875. The van der Waals surface area contributed by atoms with Crippen LogP contribution in [0, 0.1) is 0 Å². The number of hydrogen-bond acceptors (Lipinski definition) is 3. The van der Waals surface area contributed by atoms with Gasteiger partial charge in [-0.3, -0.25) is 9.59 Å². The zero-order valence-electron chi connectivity index (χ0n) is 14.2. The first-order valence-corrected chi connectivity index (χ1v) is 8.47. The van der Waals surface area contributed by atoms with Gasteiger partial charge in [0, 0.05) is 0 Å². The summed E-state index contributed by atoms with van der Waals surface area (Å²) in [6.07, 6.45) is 2.57. The monoisotopic (exact) mass is 338 g/mol. The molecule has 2 aromatic carbocycles. The molecule has 2 aromatic rings. The molecule has 2 atom stereocenters. The summed E-state index contributed by atoms with van der Waals surface area (Å²) in [7, 11) is 0. The molecule has 0 spiro atoms. The van der Waals surface area contributed by atoms with Gasteiger partial charge in [0.2, 0.25) is 5.91 Å². The second-order valence-corrected chi connectivity index (χ2v) is 6.30. The van der Waals surface area contributed by atoms with Crippen LogP contribution in [-0.4, -0.2) is 17.9 Å². The summed E-state index contributed by atoms with van der Waals surface area (Å²) in [5.41, 5.74) is 8.71. The average molecular weight is 338 g/mol. The summed E-state index contributed by atoms with van der Waals surface area (Å²) < 4.78 is 5.75. The molecule has 0 unspecified atom stereocenters. The van der Waals surface area contributed by atoms with Crippen LogP contribution in [0.15, 0.2) is 48.5 Å². The molecule has 3 N–H and O–H groups in total. The first kappa shape index (κ1) is 17.0. The van der Waals surface area contributed by atoms with Crippen molar-refractivity contribution in [3.05, 3.63) is 65.2 Å². The van der Waals surface area contributed by atoms with E-state index < -0.39 is 18.1 Å². The number of nitrogens with one attached hydrogen (secondary N) is 1. The molecule has 130 valence electrons. The number of aryl methyl sites for hydroxylation is 2. The van der Waals surface area contributed by atoms with Gasteiger partial charge in [-0.1, -0.05) is 36.4 Å². The van der Waals surface area contributed by atoms with Crippen LogP contribution in [0.3, 0.4) is 0 Å². The van der Waals surface area contributed by atoms with E-state index in [0.29, 0.717) is 11.3 Å². The number of fused-ring (bicyclic) bond motifs is 1. The van der Waals surface area contributed by atoms with E-state index >= 15 is 0 Å². The fraction of sp³-hybridized carbons (Fsp3) is 0.300. The van der Waals surface area contributed by atoms with Crippen molar-refractivity contribution in [2.75, 3.05) is 0 Å². The SMILES string of the molecule is C[C@@H](Oc1ccc2c(c1)CCC2)C(=O)N[C@H](C(N)=O)c1ccccc1. The molecule has 0 heterocycles. The van der Waals surface area contributed by atoms with Crippen molar-refractivity contribution in [2.45, 2.75) is 38.3 Å². The van der Waals surface area contributed by atoms with Crippen LogP contribution in [0.4, 0.5) is 0 Å². The second kappa shape index (κ2) is 7.38. The van der Waals surface area contributed by atoms with Gasteiger partial charge >= 0.3 is 0 Å². The quantitative estimate of drug-likeness (QED) is 0.848. The van der Waals surface area contributed by atoms with E-state index in [0.717, 1.165) is 19.3 Å². The molecule has 0 radical (unpaired) electrons. The van der Waals surface area contributed by atoms with Crippen molar-refractivity contribution >= 4 is 11.8 Å². The van der Waals surface area contributed by atoms with E-state index in [1.807, 2.05) is 18.2 Å². The fourth-order valence-electron chi connectivity index (χ4n) is 3.10. The summed E-state index contributed by atoms with van der Waals surface area (Å²) in [5, 5.41) is 2.67. The number of carbonyl (C=O) groups excluding carboxylic acids is 2. The molecule has 0 aromatic heterocycles. The lowest BCUT2D eigenvalue weighted by atomic mass is 10.1. The van der Waals surface area contributed by atoms with Gasteiger partial charge in [0.1, 0.15) is 11.8 Å². The number of benzene rings is 2. The Labute approximate surface area is 147 Å². The van der Waals surface area contributed by atoms with E-state index in [4.69, 9.17) is 10.5 Å². The maximum absolute atomic E-state index is 12.4. The average Bonchev–Trinajstić information content (AvgIpc) is 3.07. The van der Waals surface area contributed by atoms with Crippen LogP contribution in [0.2, 0.25) is 0 Å². The summed E-state index contributed by atoms with van der Waals surface area (Å²) in [5.74, 6) is -0.323. The number of rotatable bonds is 6. The van der Waals surface area contributed by atoms with Gasteiger partial charge in [-0.25, -0.2) is 0 Å². The highest BCUT2D eigenvalue weighted by Crippen LogP contribution is 2.26. The number of nitrogens with two attached hydrogens (primary N) is 1. The van der Waals surface area contributed by atoms with E-state index in [1.165, 1.54) is 11.1 Å². The Morgan fingerprint density at radius 1 is 1.08 bits per heavy atom. The smallest absolute Gasteiger partial charge is 0.261 e. The predicted molar refractivity (Wildman–Crippen MR) is 95.1 cm³/mol. The standard InChI is InChI=1S/C20H22N2O3/c1-13(25-17-11-10-14-8-5-9-16(14)12-17)20(24)22-18(19(21)23)15-6-3-2-4-7-15/h2-4,6-7,10-13,18H,5,8-9H2,1H3,(H2,21,23)(H,22,24)/t13-,18+/m1/s1. The molecule has 0 saturated heterocycles. The Bertz CT molecular complexity index is 774. The van der Waals surface area contributed by atoms with E-state index in [2.05, 4.69) is 11.4 Å². The molecule has 1 aliphatic rings.